The highest BCUT2D eigenvalue weighted by Gasteiger charge is 2.32. The zero-order chi connectivity index (χ0) is 14.8. The summed E-state index contributed by atoms with van der Waals surface area (Å²) in [6.07, 6.45) is 6.38. The van der Waals surface area contributed by atoms with Crippen LogP contribution >= 0.6 is 0 Å². The Balaban J connectivity index is 2.14. The molecule has 1 aromatic rings. The van der Waals surface area contributed by atoms with Gasteiger partial charge in [0.1, 0.15) is 0 Å². The number of rotatable bonds is 4. The summed E-state index contributed by atoms with van der Waals surface area (Å²) < 4.78 is 0. The molecule has 20 heavy (non-hydrogen) atoms. The van der Waals surface area contributed by atoms with Crippen molar-refractivity contribution in [3.63, 3.8) is 0 Å². The van der Waals surface area contributed by atoms with Crippen LogP contribution < -0.4 is 5.73 Å². The van der Waals surface area contributed by atoms with Gasteiger partial charge in [0.05, 0.1) is 4.92 Å². The van der Waals surface area contributed by atoms with Crippen molar-refractivity contribution in [1.29, 1.82) is 0 Å². The summed E-state index contributed by atoms with van der Waals surface area (Å²) >= 11 is 0. The van der Waals surface area contributed by atoms with E-state index in [1.165, 1.54) is 19.3 Å². The van der Waals surface area contributed by atoms with Gasteiger partial charge in [-0.2, -0.15) is 0 Å². The highest BCUT2D eigenvalue weighted by atomic mass is 16.6. The summed E-state index contributed by atoms with van der Waals surface area (Å²) in [5, 5.41) is 11.0. The number of hydrogen-bond acceptors (Lipinski definition) is 3. The smallest absolute Gasteiger partial charge is 0.272 e. The fraction of sp³-hybridized carbons (Fsp3) is 0.625. The molecule has 0 spiro atoms. The molecule has 0 aliphatic heterocycles. The molecule has 0 radical (unpaired) electrons. The Kier molecular flexibility index (Phi) is 4.43. The fourth-order valence-electron chi connectivity index (χ4n) is 3.28. The molecule has 4 heteroatoms. The SMILES string of the molecule is CCC1CCC(N)(Cc2cccc([N+](=O)[O-])c2C)CC1. The molecule has 0 aromatic heterocycles. The van der Waals surface area contributed by atoms with Crippen LogP contribution in [0.25, 0.3) is 0 Å². The van der Waals surface area contributed by atoms with Crippen molar-refractivity contribution in [2.75, 3.05) is 0 Å². The average molecular weight is 276 g/mol. The largest absolute Gasteiger partial charge is 0.325 e. The zero-order valence-corrected chi connectivity index (χ0v) is 12.4. The summed E-state index contributed by atoms with van der Waals surface area (Å²) in [4.78, 5) is 10.7. The van der Waals surface area contributed by atoms with Crippen LogP contribution in [0.5, 0.6) is 0 Å². The van der Waals surface area contributed by atoms with E-state index in [1.807, 2.05) is 13.0 Å². The lowest BCUT2D eigenvalue weighted by atomic mass is 9.73. The van der Waals surface area contributed by atoms with Gasteiger partial charge in [0.25, 0.3) is 5.69 Å². The van der Waals surface area contributed by atoms with E-state index in [0.717, 1.165) is 36.3 Å². The maximum atomic E-state index is 11.0. The lowest BCUT2D eigenvalue weighted by Gasteiger charge is -2.37. The Bertz CT molecular complexity index is 491. The third-order valence-corrected chi connectivity index (χ3v) is 4.83. The van der Waals surface area contributed by atoms with Crippen LogP contribution in [-0.4, -0.2) is 10.5 Å². The quantitative estimate of drug-likeness (QED) is 0.672. The van der Waals surface area contributed by atoms with E-state index in [0.29, 0.717) is 0 Å². The molecule has 1 fully saturated rings. The van der Waals surface area contributed by atoms with Gasteiger partial charge in [0.15, 0.2) is 0 Å². The molecular formula is C16H24N2O2. The highest BCUT2D eigenvalue weighted by molar-refractivity contribution is 5.45. The van der Waals surface area contributed by atoms with Gasteiger partial charge >= 0.3 is 0 Å². The zero-order valence-electron chi connectivity index (χ0n) is 12.4. The molecule has 0 amide bonds. The number of benzene rings is 1. The highest BCUT2D eigenvalue weighted by Crippen LogP contribution is 2.35. The molecule has 0 atom stereocenters. The van der Waals surface area contributed by atoms with Crippen LogP contribution in [0.3, 0.4) is 0 Å². The third kappa shape index (κ3) is 3.18. The van der Waals surface area contributed by atoms with Crippen molar-refractivity contribution in [3.8, 4) is 0 Å². The summed E-state index contributed by atoms with van der Waals surface area (Å²) in [5.74, 6) is 0.804. The second-order valence-corrected chi connectivity index (χ2v) is 6.21. The maximum Gasteiger partial charge on any atom is 0.272 e. The lowest BCUT2D eigenvalue weighted by Crippen LogP contribution is -2.45. The molecule has 4 nitrogen and oxygen atoms in total. The Hall–Kier alpha value is -1.42. The van der Waals surface area contributed by atoms with E-state index < -0.39 is 0 Å². The molecule has 0 saturated heterocycles. The molecule has 1 aliphatic carbocycles. The summed E-state index contributed by atoms with van der Waals surface area (Å²) in [6.45, 7) is 4.06. The fourth-order valence-corrected chi connectivity index (χ4v) is 3.28. The molecule has 0 bridgehead atoms. The van der Waals surface area contributed by atoms with E-state index >= 15 is 0 Å². The number of nitrogens with two attached hydrogens (primary N) is 1. The number of nitro benzene ring substituents is 1. The summed E-state index contributed by atoms with van der Waals surface area (Å²) in [7, 11) is 0. The van der Waals surface area contributed by atoms with Gasteiger partial charge in [-0.1, -0.05) is 25.5 Å². The van der Waals surface area contributed by atoms with Crippen molar-refractivity contribution in [2.24, 2.45) is 11.7 Å². The van der Waals surface area contributed by atoms with Gasteiger partial charge < -0.3 is 5.73 Å². The third-order valence-electron chi connectivity index (χ3n) is 4.83. The molecule has 0 heterocycles. The van der Waals surface area contributed by atoms with Gasteiger partial charge in [-0.05, 0) is 50.5 Å². The van der Waals surface area contributed by atoms with Crippen molar-refractivity contribution in [3.05, 3.63) is 39.4 Å². The molecular weight excluding hydrogens is 252 g/mol. The molecule has 2 N–H and O–H groups in total. The minimum Gasteiger partial charge on any atom is -0.325 e. The van der Waals surface area contributed by atoms with Crippen LogP contribution in [0.2, 0.25) is 0 Å². The molecule has 1 aliphatic rings. The van der Waals surface area contributed by atoms with Gasteiger partial charge in [-0.25, -0.2) is 0 Å². The Morgan fingerprint density at radius 1 is 1.40 bits per heavy atom. The van der Waals surface area contributed by atoms with E-state index in [2.05, 4.69) is 6.92 Å². The van der Waals surface area contributed by atoms with Crippen LogP contribution in [0, 0.1) is 23.0 Å². The van der Waals surface area contributed by atoms with Gasteiger partial charge in [-0.3, -0.25) is 10.1 Å². The first-order chi connectivity index (χ1) is 9.45. The molecule has 0 unspecified atom stereocenters. The van der Waals surface area contributed by atoms with Crippen LogP contribution in [0.4, 0.5) is 5.69 Å². The predicted octanol–water partition coefficient (Wildman–Crippen LogP) is 3.74. The van der Waals surface area contributed by atoms with Gasteiger partial charge in [-0.15, -0.1) is 0 Å². The molecule has 2 rings (SSSR count). The summed E-state index contributed by atoms with van der Waals surface area (Å²) in [6, 6.07) is 5.31. The minimum atomic E-state index is -0.310. The van der Waals surface area contributed by atoms with Crippen LogP contribution in [0.15, 0.2) is 18.2 Å². The number of hydrogen-bond donors (Lipinski definition) is 1. The standard InChI is InChI=1S/C16H24N2O2/c1-3-13-7-9-16(17,10-8-13)11-14-5-4-6-15(12(14)2)18(19)20/h4-6,13H,3,7-11,17H2,1-2H3. The second kappa shape index (κ2) is 5.92. The monoisotopic (exact) mass is 276 g/mol. The number of nitro groups is 1. The van der Waals surface area contributed by atoms with E-state index in [9.17, 15) is 10.1 Å². The topological polar surface area (TPSA) is 69.2 Å². The Morgan fingerprint density at radius 2 is 2.05 bits per heavy atom. The lowest BCUT2D eigenvalue weighted by molar-refractivity contribution is -0.385. The van der Waals surface area contributed by atoms with E-state index in [-0.39, 0.29) is 16.1 Å². The van der Waals surface area contributed by atoms with Crippen molar-refractivity contribution < 1.29 is 4.92 Å². The number of nitrogens with zero attached hydrogens (tertiary/aromatic N) is 1. The van der Waals surface area contributed by atoms with Crippen molar-refractivity contribution >= 4 is 5.69 Å². The van der Waals surface area contributed by atoms with Gasteiger partial charge in [0.2, 0.25) is 0 Å². The predicted molar refractivity (Wildman–Crippen MR) is 80.7 cm³/mol. The summed E-state index contributed by atoms with van der Waals surface area (Å²) in [5.41, 5.74) is 8.34. The molecule has 110 valence electrons. The average Bonchev–Trinajstić information content (AvgIpc) is 2.41. The minimum absolute atomic E-state index is 0.189. The van der Waals surface area contributed by atoms with E-state index in [1.54, 1.807) is 12.1 Å². The second-order valence-electron chi connectivity index (χ2n) is 6.21. The normalized spacial score (nSPS) is 26.4. The first kappa shape index (κ1) is 15.0. The van der Waals surface area contributed by atoms with Crippen LogP contribution in [-0.2, 0) is 6.42 Å². The maximum absolute atomic E-state index is 11.0. The Labute approximate surface area is 120 Å². The van der Waals surface area contributed by atoms with Gasteiger partial charge in [0, 0.05) is 17.2 Å². The first-order valence-corrected chi connectivity index (χ1v) is 7.47. The van der Waals surface area contributed by atoms with Crippen molar-refractivity contribution in [2.45, 2.75) is 57.9 Å². The van der Waals surface area contributed by atoms with E-state index in [4.69, 9.17) is 5.73 Å². The Morgan fingerprint density at radius 3 is 2.60 bits per heavy atom. The first-order valence-electron chi connectivity index (χ1n) is 7.47. The molecule has 1 saturated carbocycles. The van der Waals surface area contributed by atoms with Crippen LogP contribution in [0.1, 0.15) is 50.2 Å². The van der Waals surface area contributed by atoms with Crippen molar-refractivity contribution in [1.82, 2.24) is 0 Å². The molecule has 1 aromatic carbocycles.